The van der Waals surface area contributed by atoms with E-state index in [2.05, 4.69) is 4.98 Å². The van der Waals surface area contributed by atoms with Gasteiger partial charge in [0, 0.05) is 37.7 Å². The number of hydrogen-bond acceptors (Lipinski definition) is 5. The molecule has 1 aliphatic heterocycles. The number of piperazine rings is 1. The van der Waals surface area contributed by atoms with Crippen molar-refractivity contribution in [2.24, 2.45) is 0 Å². The molecule has 1 amide bonds. The SMILES string of the molecule is CC(C)(C)OC(=O)N1CCN(c2ccncc2)CC1C(=O)O. The number of nitrogens with zero attached hydrogens (tertiary/aromatic N) is 3. The Morgan fingerprint density at radius 2 is 1.91 bits per heavy atom. The number of aromatic nitrogens is 1. The zero-order chi connectivity index (χ0) is 16.3. The van der Waals surface area contributed by atoms with Gasteiger partial charge in [0.15, 0.2) is 0 Å². The maximum atomic E-state index is 12.2. The number of carbonyl (C=O) groups excluding carboxylic acids is 1. The lowest BCUT2D eigenvalue weighted by molar-refractivity contribution is -0.143. The molecule has 0 aliphatic carbocycles. The molecule has 1 unspecified atom stereocenters. The largest absolute Gasteiger partial charge is 0.480 e. The predicted molar refractivity (Wildman–Crippen MR) is 80.8 cm³/mol. The van der Waals surface area contributed by atoms with Crippen LogP contribution in [0.3, 0.4) is 0 Å². The summed E-state index contributed by atoms with van der Waals surface area (Å²) in [5, 5.41) is 9.43. The van der Waals surface area contributed by atoms with E-state index in [1.807, 2.05) is 17.0 Å². The molecule has 0 radical (unpaired) electrons. The monoisotopic (exact) mass is 307 g/mol. The van der Waals surface area contributed by atoms with Gasteiger partial charge in [0.2, 0.25) is 0 Å². The van der Waals surface area contributed by atoms with E-state index in [4.69, 9.17) is 4.74 Å². The highest BCUT2D eigenvalue weighted by atomic mass is 16.6. The quantitative estimate of drug-likeness (QED) is 0.893. The Balaban J connectivity index is 2.12. The topological polar surface area (TPSA) is 83.0 Å². The maximum absolute atomic E-state index is 12.2. The highest BCUT2D eigenvalue weighted by molar-refractivity contribution is 5.81. The molecule has 0 aromatic carbocycles. The number of carboxylic acid groups (broad SMARTS) is 1. The molecule has 1 saturated heterocycles. The van der Waals surface area contributed by atoms with Crippen molar-refractivity contribution in [1.82, 2.24) is 9.88 Å². The van der Waals surface area contributed by atoms with Gasteiger partial charge in [-0.25, -0.2) is 9.59 Å². The molecular weight excluding hydrogens is 286 g/mol. The Kier molecular flexibility index (Phi) is 4.54. The fourth-order valence-electron chi connectivity index (χ4n) is 2.32. The minimum Gasteiger partial charge on any atom is -0.480 e. The van der Waals surface area contributed by atoms with E-state index in [1.165, 1.54) is 4.90 Å². The van der Waals surface area contributed by atoms with Crippen molar-refractivity contribution < 1.29 is 19.4 Å². The van der Waals surface area contributed by atoms with Crippen molar-refractivity contribution in [1.29, 1.82) is 0 Å². The van der Waals surface area contributed by atoms with E-state index in [1.54, 1.807) is 33.2 Å². The second-order valence-corrected chi connectivity index (χ2v) is 6.18. The lowest BCUT2D eigenvalue weighted by atomic mass is 10.1. The first-order valence-electron chi connectivity index (χ1n) is 7.15. The van der Waals surface area contributed by atoms with Gasteiger partial charge in [-0.3, -0.25) is 9.88 Å². The van der Waals surface area contributed by atoms with Crippen molar-refractivity contribution in [3.63, 3.8) is 0 Å². The first-order valence-corrected chi connectivity index (χ1v) is 7.15. The molecule has 0 spiro atoms. The zero-order valence-corrected chi connectivity index (χ0v) is 13.0. The molecule has 120 valence electrons. The lowest BCUT2D eigenvalue weighted by Crippen LogP contribution is -2.59. The van der Waals surface area contributed by atoms with Crippen LogP contribution in [-0.2, 0) is 9.53 Å². The van der Waals surface area contributed by atoms with Gasteiger partial charge in [0.25, 0.3) is 0 Å². The molecule has 1 aliphatic rings. The van der Waals surface area contributed by atoms with Crippen LogP contribution in [0.25, 0.3) is 0 Å². The van der Waals surface area contributed by atoms with Gasteiger partial charge in [0.05, 0.1) is 0 Å². The molecule has 1 N–H and O–H groups in total. The Labute approximate surface area is 129 Å². The van der Waals surface area contributed by atoms with Gasteiger partial charge in [-0.1, -0.05) is 0 Å². The second kappa shape index (κ2) is 6.21. The van der Waals surface area contributed by atoms with Crippen LogP contribution in [0.1, 0.15) is 20.8 Å². The van der Waals surface area contributed by atoms with Crippen molar-refractivity contribution >= 4 is 17.7 Å². The minimum absolute atomic E-state index is 0.221. The van der Waals surface area contributed by atoms with Gasteiger partial charge >= 0.3 is 12.1 Å². The first-order chi connectivity index (χ1) is 10.3. The van der Waals surface area contributed by atoms with Crippen molar-refractivity contribution in [2.75, 3.05) is 24.5 Å². The highest BCUT2D eigenvalue weighted by Gasteiger charge is 2.37. The lowest BCUT2D eigenvalue weighted by Gasteiger charge is -2.40. The number of anilines is 1. The average Bonchev–Trinajstić information content (AvgIpc) is 2.45. The standard InChI is InChI=1S/C15H21N3O4/c1-15(2,3)22-14(21)18-9-8-17(10-12(18)13(19)20)11-4-6-16-7-5-11/h4-7,12H,8-10H2,1-3H3,(H,19,20). The normalized spacial score (nSPS) is 19.0. The summed E-state index contributed by atoms with van der Waals surface area (Å²) in [6.45, 7) is 6.34. The van der Waals surface area contributed by atoms with E-state index in [0.29, 0.717) is 13.1 Å². The number of pyridine rings is 1. The van der Waals surface area contributed by atoms with Crippen LogP contribution in [0.4, 0.5) is 10.5 Å². The second-order valence-electron chi connectivity index (χ2n) is 6.18. The summed E-state index contributed by atoms with van der Waals surface area (Å²) in [5.41, 5.74) is 0.243. The van der Waals surface area contributed by atoms with Crippen LogP contribution in [0.5, 0.6) is 0 Å². The summed E-state index contributed by atoms with van der Waals surface area (Å²) >= 11 is 0. The van der Waals surface area contributed by atoms with Crippen LogP contribution in [0, 0.1) is 0 Å². The molecule has 7 heteroatoms. The molecule has 1 atom stereocenters. The molecule has 7 nitrogen and oxygen atoms in total. The summed E-state index contributed by atoms with van der Waals surface area (Å²) in [6.07, 6.45) is 2.73. The number of aliphatic carboxylic acids is 1. The smallest absolute Gasteiger partial charge is 0.411 e. The number of carboxylic acids is 1. The van der Waals surface area contributed by atoms with Crippen LogP contribution in [0.2, 0.25) is 0 Å². The summed E-state index contributed by atoms with van der Waals surface area (Å²) in [7, 11) is 0. The first kappa shape index (κ1) is 16.1. The Hall–Kier alpha value is -2.31. The van der Waals surface area contributed by atoms with Crippen LogP contribution >= 0.6 is 0 Å². The third kappa shape index (κ3) is 3.87. The fourth-order valence-corrected chi connectivity index (χ4v) is 2.32. The van der Waals surface area contributed by atoms with Gasteiger partial charge in [-0.2, -0.15) is 0 Å². The minimum atomic E-state index is -1.04. The molecule has 1 fully saturated rings. The van der Waals surface area contributed by atoms with Gasteiger partial charge in [0.1, 0.15) is 11.6 Å². The molecule has 2 heterocycles. The number of carbonyl (C=O) groups is 2. The summed E-state index contributed by atoms with van der Waals surface area (Å²) in [4.78, 5) is 30.9. The highest BCUT2D eigenvalue weighted by Crippen LogP contribution is 2.20. The Morgan fingerprint density at radius 3 is 2.45 bits per heavy atom. The number of amides is 1. The third-order valence-corrected chi connectivity index (χ3v) is 3.32. The fraction of sp³-hybridized carbons (Fsp3) is 0.533. The summed E-state index contributed by atoms with van der Waals surface area (Å²) in [5.74, 6) is -1.04. The van der Waals surface area contributed by atoms with Gasteiger partial charge in [-0.05, 0) is 32.9 Å². The van der Waals surface area contributed by atoms with Crippen molar-refractivity contribution in [3.05, 3.63) is 24.5 Å². The van der Waals surface area contributed by atoms with Gasteiger partial charge < -0.3 is 14.7 Å². The zero-order valence-electron chi connectivity index (χ0n) is 13.0. The molecule has 1 aromatic rings. The van der Waals surface area contributed by atoms with E-state index in [-0.39, 0.29) is 6.54 Å². The predicted octanol–water partition coefficient (Wildman–Crippen LogP) is 1.59. The number of rotatable bonds is 2. The van der Waals surface area contributed by atoms with Crippen LogP contribution in [0.15, 0.2) is 24.5 Å². The molecule has 0 bridgehead atoms. The van der Waals surface area contributed by atoms with Crippen LogP contribution < -0.4 is 4.90 Å². The third-order valence-electron chi connectivity index (χ3n) is 3.32. The molecular formula is C15H21N3O4. The van der Waals surface area contributed by atoms with E-state index in [9.17, 15) is 14.7 Å². The molecule has 0 saturated carbocycles. The van der Waals surface area contributed by atoms with Crippen LogP contribution in [-0.4, -0.2) is 58.3 Å². The maximum Gasteiger partial charge on any atom is 0.411 e. The van der Waals surface area contributed by atoms with Crippen molar-refractivity contribution in [2.45, 2.75) is 32.4 Å². The number of ether oxygens (including phenoxy) is 1. The Morgan fingerprint density at radius 1 is 1.27 bits per heavy atom. The van der Waals surface area contributed by atoms with E-state index >= 15 is 0 Å². The summed E-state index contributed by atoms with van der Waals surface area (Å²) < 4.78 is 5.29. The molecule has 1 aromatic heterocycles. The number of hydrogen-bond donors (Lipinski definition) is 1. The summed E-state index contributed by atoms with van der Waals surface area (Å²) in [6, 6.07) is 2.71. The van der Waals surface area contributed by atoms with Gasteiger partial charge in [-0.15, -0.1) is 0 Å². The van der Waals surface area contributed by atoms with E-state index < -0.39 is 23.7 Å². The Bertz CT molecular complexity index is 541. The molecule has 2 rings (SSSR count). The average molecular weight is 307 g/mol. The molecule has 22 heavy (non-hydrogen) atoms. The van der Waals surface area contributed by atoms with E-state index in [0.717, 1.165) is 5.69 Å². The van der Waals surface area contributed by atoms with Crippen molar-refractivity contribution in [3.8, 4) is 0 Å².